The van der Waals surface area contributed by atoms with Gasteiger partial charge in [-0.2, -0.15) is 0 Å². The highest BCUT2D eigenvalue weighted by Crippen LogP contribution is 2.15. The Labute approximate surface area is 92.6 Å². The molecule has 1 N–H and O–H groups in total. The average Bonchev–Trinajstić information content (AvgIpc) is 2.18. The van der Waals surface area contributed by atoms with E-state index in [1.165, 1.54) is 19.4 Å². The molecule has 1 atom stereocenters. The van der Waals surface area contributed by atoms with Crippen molar-refractivity contribution in [1.82, 2.24) is 15.1 Å². The van der Waals surface area contributed by atoms with Crippen LogP contribution in [-0.2, 0) is 4.79 Å². The zero-order valence-corrected chi connectivity index (χ0v) is 10.1. The third-order valence-electron chi connectivity index (χ3n) is 3.01. The summed E-state index contributed by atoms with van der Waals surface area (Å²) in [4.78, 5) is 15.7. The van der Waals surface area contributed by atoms with E-state index in [9.17, 15) is 4.79 Å². The third kappa shape index (κ3) is 4.18. The van der Waals surface area contributed by atoms with Gasteiger partial charge in [0.2, 0.25) is 5.91 Å². The Bertz CT molecular complexity index is 208. The predicted octanol–water partition coefficient (Wildman–Crippen LogP) is 0.00600. The zero-order valence-electron chi connectivity index (χ0n) is 10.1. The molecule has 0 aliphatic carbocycles. The van der Waals surface area contributed by atoms with Crippen molar-refractivity contribution >= 4 is 5.91 Å². The second-order valence-electron chi connectivity index (χ2n) is 4.58. The van der Waals surface area contributed by atoms with Gasteiger partial charge in [0.1, 0.15) is 0 Å². The summed E-state index contributed by atoms with van der Waals surface area (Å²) in [7, 11) is 5.86. The Morgan fingerprint density at radius 1 is 1.60 bits per heavy atom. The fourth-order valence-corrected chi connectivity index (χ4v) is 2.20. The number of piperidine rings is 1. The molecule has 0 spiro atoms. The summed E-state index contributed by atoms with van der Waals surface area (Å²) >= 11 is 0. The van der Waals surface area contributed by atoms with Crippen LogP contribution in [0.5, 0.6) is 0 Å². The van der Waals surface area contributed by atoms with Crippen LogP contribution in [0.25, 0.3) is 0 Å². The second-order valence-corrected chi connectivity index (χ2v) is 4.58. The monoisotopic (exact) mass is 213 g/mol. The molecule has 1 aliphatic rings. The predicted molar refractivity (Wildman–Crippen MR) is 61.8 cm³/mol. The van der Waals surface area contributed by atoms with Gasteiger partial charge in [-0.3, -0.25) is 4.79 Å². The van der Waals surface area contributed by atoms with E-state index in [-0.39, 0.29) is 5.91 Å². The normalized spacial score (nSPS) is 22.7. The number of hydrogen-bond donors (Lipinski definition) is 1. The zero-order chi connectivity index (χ0) is 11.3. The van der Waals surface area contributed by atoms with Crippen molar-refractivity contribution in [3.63, 3.8) is 0 Å². The number of nitrogens with one attached hydrogen (secondary N) is 1. The highest BCUT2D eigenvalue weighted by atomic mass is 16.2. The van der Waals surface area contributed by atoms with Crippen LogP contribution in [0.4, 0.5) is 0 Å². The van der Waals surface area contributed by atoms with Crippen molar-refractivity contribution in [2.24, 2.45) is 5.92 Å². The maximum atomic E-state index is 11.5. The van der Waals surface area contributed by atoms with Gasteiger partial charge in [0.05, 0.1) is 6.54 Å². The number of likely N-dealkylation sites (tertiary alicyclic amines) is 1. The van der Waals surface area contributed by atoms with E-state index in [1.807, 2.05) is 11.9 Å². The standard InChI is InChI=1S/C11H23N3O/c1-12-7-11(15)14(3)9-10-5-4-6-13(2)8-10/h10,12H,4-9H2,1-3H3. The van der Waals surface area contributed by atoms with Gasteiger partial charge >= 0.3 is 0 Å². The third-order valence-corrected chi connectivity index (χ3v) is 3.01. The summed E-state index contributed by atoms with van der Waals surface area (Å²) in [5, 5.41) is 2.89. The minimum Gasteiger partial charge on any atom is -0.344 e. The summed E-state index contributed by atoms with van der Waals surface area (Å²) < 4.78 is 0. The van der Waals surface area contributed by atoms with Crippen LogP contribution < -0.4 is 5.32 Å². The Hall–Kier alpha value is -0.610. The summed E-state index contributed by atoms with van der Waals surface area (Å²) in [6, 6.07) is 0. The Morgan fingerprint density at radius 2 is 2.33 bits per heavy atom. The van der Waals surface area contributed by atoms with Gasteiger partial charge in [-0.15, -0.1) is 0 Å². The number of nitrogens with zero attached hydrogens (tertiary/aromatic N) is 2. The number of amides is 1. The molecule has 4 nitrogen and oxygen atoms in total. The lowest BCUT2D eigenvalue weighted by Gasteiger charge is -2.32. The van der Waals surface area contributed by atoms with Crippen LogP contribution in [-0.4, -0.2) is 63.0 Å². The van der Waals surface area contributed by atoms with Crippen LogP contribution in [0.1, 0.15) is 12.8 Å². The molecule has 1 unspecified atom stereocenters. The number of rotatable bonds is 4. The van der Waals surface area contributed by atoms with E-state index in [0.29, 0.717) is 12.5 Å². The Kier molecular flexibility index (Phi) is 5.05. The molecule has 1 rings (SSSR count). The van der Waals surface area contributed by atoms with Crippen molar-refractivity contribution < 1.29 is 4.79 Å². The van der Waals surface area contributed by atoms with Gasteiger partial charge in [-0.25, -0.2) is 0 Å². The van der Waals surface area contributed by atoms with E-state index in [0.717, 1.165) is 13.1 Å². The first kappa shape index (κ1) is 12.5. The van der Waals surface area contributed by atoms with Crippen LogP contribution in [0.3, 0.4) is 0 Å². The maximum absolute atomic E-state index is 11.5. The number of hydrogen-bond acceptors (Lipinski definition) is 3. The van der Waals surface area contributed by atoms with Crippen molar-refractivity contribution in [1.29, 1.82) is 0 Å². The van der Waals surface area contributed by atoms with E-state index < -0.39 is 0 Å². The summed E-state index contributed by atoms with van der Waals surface area (Å²) in [5.41, 5.74) is 0. The van der Waals surface area contributed by atoms with Gasteiger partial charge in [-0.05, 0) is 39.4 Å². The van der Waals surface area contributed by atoms with Gasteiger partial charge in [-0.1, -0.05) is 0 Å². The quantitative estimate of drug-likeness (QED) is 0.714. The lowest BCUT2D eigenvalue weighted by Crippen LogP contribution is -2.42. The van der Waals surface area contributed by atoms with E-state index >= 15 is 0 Å². The Balaban J connectivity index is 2.30. The first-order chi connectivity index (χ1) is 7.13. The molecule has 4 heteroatoms. The fraction of sp³-hybridized carbons (Fsp3) is 0.909. The maximum Gasteiger partial charge on any atom is 0.236 e. The number of likely N-dealkylation sites (N-methyl/N-ethyl adjacent to an activating group) is 2. The van der Waals surface area contributed by atoms with Crippen molar-refractivity contribution in [2.75, 3.05) is 47.3 Å². The molecule has 0 bridgehead atoms. The van der Waals surface area contributed by atoms with Crippen LogP contribution in [0.15, 0.2) is 0 Å². The molecule has 0 aromatic heterocycles. The molecule has 1 saturated heterocycles. The van der Waals surface area contributed by atoms with Gasteiger partial charge in [0, 0.05) is 20.1 Å². The molecule has 1 aliphatic heterocycles. The lowest BCUT2D eigenvalue weighted by atomic mass is 9.98. The SMILES string of the molecule is CNCC(=O)N(C)CC1CCCN(C)C1. The van der Waals surface area contributed by atoms with Gasteiger partial charge in [0.15, 0.2) is 0 Å². The minimum absolute atomic E-state index is 0.186. The smallest absolute Gasteiger partial charge is 0.236 e. The summed E-state index contributed by atoms with van der Waals surface area (Å²) in [6.07, 6.45) is 2.51. The highest BCUT2D eigenvalue weighted by Gasteiger charge is 2.20. The van der Waals surface area contributed by atoms with Crippen LogP contribution in [0.2, 0.25) is 0 Å². The van der Waals surface area contributed by atoms with Crippen molar-refractivity contribution in [2.45, 2.75) is 12.8 Å². The van der Waals surface area contributed by atoms with Gasteiger partial charge < -0.3 is 15.1 Å². The molecule has 0 radical (unpaired) electrons. The topological polar surface area (TPSA) is 35.6 Å². The molecule has 1 amide bonds. The fourth-order valence-electron chi connectivity index (χ4n) is 2.20. The van der Waals surface area contributed by atoms with Crippen LogP contribution >= 0.6 is 0 Å². The van der Waals surface area contributed by atoms with E-state index in [1.54, 1.807) is 7.05 Å². The van der Waals surface area contributed by atoms with Gasteiger partial charge in [0.25, 0.3) is 0 Å². The molecule has 15 heavy (non-hydrogen) atoms. The largest absolute Gasteiger partial charge is 0.344 e. The molecule has 1 fully saturated rings. The molecule has 88 valence electrons. The first-order valence-corrected chi connectivity index (χ1v) is 5.70. The van der Waals surface area contributed by atoms with E-state index in [4.69, 9.17) is 0 Å². The van der Waals surface area contributed by atoms with Crippen molar-refractivity contribution in [3.05, 3.63) is 0 Å². The number of carbonyl (C=O) groups is 1. The van der Waals surface area contributed by atoms with Crippen molar-refractivity contribution in [3.8, 4) is 0 Å². The average molecular weight is 213 g/mol. The lowest BCUT2D eigenvalue weighted by molar-refractivity contribution is -0.129. The number of carbonyl (C=O) groups excluding carboxylic acids is 1. The highest BCUT2D eigenvalue weighted by molar-refractivity contribution is 5.77. The molecule has 0 saturated carbocycles. The first-order valence-electron chi connectivity index (χ1n) is 5.70. The Morgan fingerprint density at radius 3 is 2.93 bits per heavy atom. The van der Waals surface area contributed by atoms with Crippen LogP contribution in [0, 0.1) is 5.92 Å². The molecule has 0 aromatic rings. The summed E-state index contributed by atoms with van der Waals surface area (Å²) in [6.45, 7) is 3.66. The molecule has 0 aromatic carbocycles. The second kappa shape index (κ2) is 6.08. The molecular formula is C11H23N3O. The molecule has 1 heterocycles. The molecular weight excluding hydrogens is 190 g/mol. The summed E-state index contributed by atoms with van der Waals surface area (Å²) in [5.74, 6) is 0.834. The van der Waals surface area contributed by atoms with E-state index in [2.05, 4.69) is 17.3 Å². The minimum atomic E-state index is 0.186.